The molecule has 1 fully saturated rings. The monoisotopic (exact) mass is 276 g/mol. The van der Waals surface area contributed by atoms with Crippen molar-refractivity contribution < 1.29 is 14.3 Å². The Kier molecular flexibility index (Phi) is 5.12. The molecule has 1 saturated heterocycles. The zero-order chi connectivity index (χ0) is 14.4. The van der Waals surface area contributed by atoms with E-state index in [0.717, 1.165) is 12.0 Å². The molecule has 0 radical (unpaired) electrons. The first-order valence-electron chi connectivity index (χ1n) is 6.84. The first-order valence-corrected chi connectivity index (χ1v) is 6.84. The Morgan fingerprint density at radius 1 is 1.30 bits per heavy atom. The summed E-state index contributed by atoms with van der Waals surface area (Å²) in [6.07, 6.45) is 1.12. The molecule has 108 valence electrons. The number of hydrogen-bond donors (Lipinski definition) is 1. The fraction of sp³-hybridized carbons (Fsp3) is 0.467. The van der Waals surface area contributed by atoms with E-state index in [-0.39, 0.29) is 11.8 Å². The fourth-order valence-corrected chi connectivity index (χ4v) is 2.32. The van der Waals surface area contributed by atoms with Crippen molar-refractivity contribution in [2.75, 3.05) is 26.8 Å². The van der Waals surface area contributed by atoms with E-state index in [4.69, 9.17) is 4.74 Å². The van der Waals surface area contributed by atoms with Crippen LogP contribution in [-0.4, -0.2) is 43.5 Å². The summed E-state index contributed by atoms with van der Waals surface area (Å²) in [4.78, 5) is 26.1. The lowest BCUT2D eigenvalue weighted by Gasteiger charge is -2.24. The molecule has 1 N–H and O–H groups in total. The summed E-state index contributed by atoms with van der Waals surface area (Å²) >= 11 is 0. The second kappa shape index (κ2) is 7.05. The van der Waals surface area contributed by atoms with Gasteiger partial charge in [-0.05, 0) is 12.0 Å². The van der Waals surface area contributed by atoms with Gasteiger partial charge in [-0.15, -0.1) is 0 Å². The van der Waals surface area contributed by atoms with Gasteiger partial charge >= 0.3 is 0 Å². The highest BCUT2D eigenvalue weighted by atomic mass is 16.5. The summed E-state index contributed by atoms with van der Waals surface area (Å²) < 4.78 is 5.01. The highest BCUT2D eigenvalue weighted by molar-refractivity contribution is 5.90. The van der Waals surface area contributed by atoms with Crippen LogP contribution in [0.1, 0.15) is 24.4 Å². The summed E-state index contributed by atoms with van der Waals surface area (Å²) in [5, 5.41) is 2.80. The van der Waals surface area contributed by atoms with E-state index in [1.165, 1.54) is 0 Å². The highest BCUT2D eigenvalue weighted by Gasteiger charge is 2.30. The van der Waals surface area contributed by atoms with Crippen LogP contribution in [0.15, 0.2) is 30.3 Å². The lowest BCUT2D eigenvalue weighted by molar-refractivity contribution is -0.133. The van der Waals surface area contributed by atoms with Gasteiger partial charge in [-0.2, -0.15) is 0 Å². The molecule has 20 heavy (non-hydrogen) atoms. The molecule has 1 aromatic carbocycles. The van der Waals surface area contributed by atoms with Crippen molar-refractivity contribution >= 4 is 11.8 Å². The number of carbonyl (C=O) groups is 2. The zero-order valence-electron chi connectivity index (χ0n) is 11.7. The van der Waals surface area contributed by atoms with Gasteiger partial charge in [0.15, 0.2) is 0 Å². The van der Waals surface area contributed by atoms with Crippen molar-refractivity contribution in [1.82, 2.24) is 10.2 Å². The van der Waals surface area contributed by atoms with Crippen molar-refractivity contribution in [2.45, 2.75) is 18.9 Å². The Morgan fingerprint density at radius 2 is 2.05 bits per heavy atom. The van der Waals surface area contributed by atoms with Crippen molar-refractivity contribution in [3.05, 3.63) is 35.9 Å². The number of hydrogen-bond acceptors (Lipinski definition) is 3. The molecule has 1 atom stereocenters. The van der Waals surface area contributed by atoms with Gasteiger partial charge in [0.05, 0.1) is 0 Å². The number of ether oxygens (including phenoxy) is 1. The van der Waals surface area contributed by atoms with Crippen molar-refractivity contribution in [2.24, 2.45) is 0 Å². The molecule has 0 bridgehead atoms. The molecule has 2 amide bonds. The first-order chi connectivity index (χ1) is 9.72. The van der Waals surface area contributed by atoms with Crippen LogP contribution < -0.4 is 5.32 Å². The first kappa shape index (κ1) is 14.5. The maximum atomic E-state index is 12.6. The van der Waals surface area contributed by atoms with Crippen molar-refractivity contribution in [3.8, 4) is 0 Å². The zero-order valence-corrected chi connectivity index (χ0v) is 11.7. The third-order valence-electron chi connectivity index (χ3n) is 3.38. The van der Waals surface area contributed by atoms with Gasteiger partial charge in [-0.3, -0.25) is 9.59 Å². The molecule has 1 unspecified atom stereocenters. The summed E-state index contributed by atoms with van der Waals surface area (Å²) in [6.45, 7) is 1.70. The van der Waals surface area contributed by atoms with E-state index < -0.39 is 6.04 Å². The smallest absolute Gasteiger partial charge is 0.249 e. The molecule has 5 heteroatoms. The largest absolute Gasteiger partial charge is 0.385 e. The van der Waals surface area contributed by atoms with Gasteiger partial charge in [-0.1, -0.05) is 30.3 Å². The summed E-state index contributed by atoms with van der Waals surface area (Å²) in [5.74, 6) is -0.125. The van der Waals surface area contributed by atoms with Crippen LogP contribution in [0.5, 0.6) is 0 Å². The molecule has 0 aliphatic carbocycles. The Morgan fingerprint density at radius 3 is 2.75 bits per heavy atom. The molecular formula is C15H20N2O3. The van der Waals surface area contributed by atoms with E-state index in [1.54, 1.807) is 12.0 Å². The third-order valence-corrected chi connectivity index (χ3v) is 3.38. The molecule has 2 rings (SSSR count). The van der Waals surface area contributed by atoms with Crippen LogP contribution in [0.4, 0.5) is 0 Å². The van der Waals surface area contributed by atoms with E-state index >= 15 is 0 Å². The molecule has 0 aromatic heterocycles. The lowest BCUT2D eigenvalue weighted by Crippen LogP contribution is -2.39. The maximum Gasteiger partial charge on any atom is 0.249 e. The number of carbonyl (C=O) groups excluding carboxylic acids is 2. The molecule has 0 saturated carbocycles. The minimum atomic E-state index is -0.575. The molecule has 5 nitrogen and oxygen atoms in total. The Hall–Kier alpha value is -1.88. The van der Waals surface area contributed by atoms with Gasteiger partial charge in [0.1, 0.15) is 6.04 Å². The predicted octanol–water partition coefficient (Wildman–Crippen LogP) is 1.11. The predicted molar refractivity (Wildman–Crippen MR) is 75.0 cm³/mol. The molecule has 1 aliphatic heterocycles. The Bertz CT molecular complexity index is 461. The van der Waals surface area contributed by atoms with E-state index in [9.17, 15) is 9.59 Å². The maximum absolute atomic E-state index is 12.6. The molecule has 1 aromatic rings. The lowest BCUT2D eigenvalue weighted by atomic mass is 10.1. The number of methoxy groups -OCH3 is 1. The van der Waals surface area contributed by atoms with Crippen LogP contribution in [-0.2, 0) is 14.3 Å². The van der Waals surface area contributed by atoms with E-state index in [0.29, 0.717) is 26.1 Å². The summed E-state index contributed by atoms with van der Waals surface area (Å²) in [5.41, 5.74) is 0.824. The summed E-state index contributed by atoms with van der Waals surface area (Å²) in [6, 6.07) is 8.78. The minimum absolute atomic E-state index is 0.0434. The second-order valence-electron chi connectivity index (χ2n) is 4.83. The molecular weight excluding hydrogens is 256 g/mol. The second-order valence-corrected chi connectivity index (χ2v) is 4.83. The molecule has 1 heterocycles. The van der Waals surface area contributed by atoms with E-state index in [2.05, 4.69) is 5.32 Å². The van der Waals surface area contributed by atoms with Crippen molar-refractivity contribution in [1.29, 1.82) is 0 Å². The third kappa shape index (κ3) is 3.57. The molecule has 1 aliphatic rings. The fourth-order valence-electron chi connectivity index (χ4n) is 2.32. The normalized spacial score (nSPS) is 19.6. The number of benzene rings is 1. The summed E-state index contributed by atoms with van der Waals surface area (Å²) in [7, 11) is 1.64. The minimum Gasteiger partial charge on any atom is -0.385 e. The van der Waals surface area contributed by atoms with Gasteiger partial charge < -0.3 is 15.0 Å². The number of nitrogens with zero attached hydrogens (tertiary/aromatic N) is 1. The SMILES string of the molecule is COCCCN1CCC(=O)NC(c2ccccc2)C1=O. The van der Waals surface area contributed by atoms with Gasteiger partial charge in [0, 0.05) is 33.2 Å². The molecule has 0 spiro atoms. The number of rotatable bonds is 5. The van der Waals surface area contributed by atoms with Crippen LogP contribution in [0.25, 0.3) is 0 Å². The van der Waals surface area contributed by atoms with Crippen LogP contribution >= 0.6 is 0 Å². The Balaban J connectivity index is 2.13. The van der Waals surface area contributed by atoms with Gasteiger partial charge in [-0.25, -0.2) is 0 Å². The van der Waals surface area contributed by atoms with Crippen LogP contribution in [0.2, 0.25) is 0 Å². The average Bonchev–Trinajstić information content (AvgIpc) is 2.61. The number of nitrogens with one attached hydrogen (secondary N) is 1. The van der Waals surface area contributed by atoms with Gasteiger partial charge in [0.25, 0.3) is 0 Å². The van der Waals surface area contributed by atoms with Crippen molar-refractivity contribution in [3.63, 3.8) is 0 Å². The quantitative estimate of drug-likeness (QED) is 0.820. The average molecular weight is 276 g/mol. The topological polar surface area (TPSA) is 58.6 Å². The van der Waals surface area contributed by atoms with Gasteiger partial charge in [0.2, 0.25) is 11.8 Å². The Labute approximate surface area is 118 Å². The number of amides is 2. The standard InChI is InChI=1S/C15H20N2O3/c1-20-11-5-9-17-10-8-13(18)16-14(15(17)19)12-6-3-2-4-7-12/h2-4,6-7,14H,5,8-11H2,1H3,(H,16,18). The van der Waals surface area contributed by atoms with E-state index in [1.807, 2.05) is 30.3 Å². The van der Waals surface area contributed by atoms with Crippen LogP contribution in [0, 0.1) is 0 Å². The van der Waals surface area contributed by atoms with Crippen LogP contribution in [0.3, 0.4) is 0 Å². The highest BCUT2D eigenvalue weighted by Crippen LogP contribution is 2.19.